The molecule has 0 bridgehead atoms. The molecule has 0 fully saturated rings. The highest BCUT2D eigenvalue weighted by Gasteiger charge is 2.03. The molecule has 112 valence electrons. The van der Waals surface area contributed by atoms with Crippen molar-refractivity contribution in [2.75, 3.05) is 0 Å². The lowest BCUT2D eigenvalue weighted by Crippen LogP contribution is -1.91. The van der Waals surface area contributed by atoms with E-state index in [9.17, 15) is 4.79 Å². The van der Waals surface area contributed by atoms with Gasteiger partial charge in [0.05, 0.1) is 0 Å². The summed E-state index contributed by atoms with van der Waals surface area (Å²) in [6, 6.07) is 16.3. The minimum atomic E-state index is 0.0967. The molecule has 0 radical (unpaired) electrons. The van der Waals surface area contributed by atoms with Crippen LogP contribution in [-0.4, -0.2) is 5.78 Å². The van der Waals surface area contributed by atoms with Crippen LogP contribution in [0, 0.1) is 0 Å². The third kappa shape index (κ3) is 3.82. The molecule has 0 aliphatic rings. The predicted octanol–water partition coefficient (Wildman–Crippen LogP) is 5.93. The Labute approximate surface area is 133 Å². The van der Waals surface area contributed by atoms with Gasteiger partial charge in [0, 0.05) is 5.56 Å². The SMILES string of the molecule is C=C(C)/C=C(\CC)c1ccc(-c2ccc(C(C)=O)cc2)cc1. The lowest BCUT2D eigenvalue weighted by atomic mass is 9.97. The molecule has 0 aliphatic carbocycles. The van der Waals surface area contributed by atoms with E-state index < -0.39 is 0 Å². The fraction of sp³-hybridized carbons (Fsp3) is 0.190. The van der Waals surface area contributed by atoms with Crippen molar-refractivity contribution in [3.63, 3.8) is 0 Å². The number of hydrogen-bond donors (Lipinski definition) is 0. The summed E-state index contributed by atoms with van der Waals surface area (Å²) >= 11 is 0. The normalized spacial score (nSPS) is 11.3. The Hall–Kier alpha value is -2.41. The number of hydrogen-bond acceptors (Lipinski definition) is 1. The maximum atomic E-state index is 11.3. The van der Waals surface area contributed by atoms with Crippen LogP contribution >= 0.6 is 0 Å². The van der Waals surface area contributed by atoms with Crippen molar-refractivity contribution in [2.24, 2.45) is 0 Å². The fourth-order valence-electron chi connectivity index (χ4n) is 2.46. The lowest BCUT2D eigenvalue weighted by molar-refractivity contribution is 0.101. The molecule has 0 amide bonds. The topological polar surface area (TPSA) is 17.1 Å². The molecule has 2 aromatic carbocycles. The summed E-state index contributed by atoms with van der Waals surface area (Å²) in [7, 11) is 0. The van der Waals surface area contributed by atoms with Crippen LogP contribution < -0.4 is 0 Å². The number of carbonyl (C=O) groups excluding carboxylic acids is 1. The van der Waals surface area contributed by atoms with E-state index in [2.05, 4.69) is 43.8 Å². The average Bonchev–Trinajstić information content (AvgIpc) is 2.52. The summed E-state index contributed by atoms with van der Waals surface area (Å²) in [5, 5.41) is 0. The first-order chi connectivity index (χ1) is 10.5. The Morgan fingerprint density at radius 1 is 0.909 bits per heavy atom. The molecule has 0 unspecified atom stereocenters. The second-order valence-electron chi connectivity index (χ2n) is 5.58. The monoisotopic (exact) mass is 290 g/mol. The standard InChI is InChI=1S/C21H22O/c1-5-17(14-15(2)3)19-10-12-21(13-11-19)20-8-6-18(7-9-20)16(4)22/h6-14H,2,5H2,1,3-4H3/b17-14+. The second-order valence-corrected chi connectivity index (χ2v) is 5.58. The van der Waals surface area contributed by atoms with Crippen LogP contribution in [-0.2, 0) is 0 Å². The van der Waals surface area contributed by atoms with Gasteiger partial charge in [-0.05, 0) is 42.5 Å². The Morgan fingerprint density at radius 3 is 1.73 bits per heavy atom. The molecular weight excluding hydrogens is 268 g/mol. The highest BCUT2D eigenvalue weighted by Crippen LogP contribution is 2.25. The van der Waals surface area contributed by atoms with Gasteiger partial charge in [-0.15, -0.1) is 0 Å². The number of Topliss-reactive ketones (excluding diaryl/α,β-unsaturated/α-hetero) is 1. The summed E-state index contributed by atoms with van der Waals surface area (Å²) in [5.41, 5.74) is 6.63. The number of benzene rings is 2. The van der Waals surface area contributed by atoms with E-state index in [0.29, 0.717) is 0 Å². The van der Waals surface area contributed by atoms with Gasteiger partial charge in [0.2, 0.25) is 0 Å². The smallest absolute Gasteiger partial charge is 0.159 e. The molecule has 0 aromatic heterocycles. The molecule has 1 nitrogen and oxygen atoms in total. The summed E-state index contributed by atoms with van der Waals surface area (Å²) in [6.07, 6.45) is 3.12. The van der Waals surface area contributed by atoms with Crippen LogP contribution in [0.3, 0.4) is 0 Å². The van der Waals surface area contributed by atoms with Crippen molar-refractivity contribution in [2.45, 2.75) is 27.2 Å². The molecule has 2 aromatic rings. The largest absolute Gasteiger partial charge is 0.295 e. The van der Waals surface area contributed by atoms with E-state index in [1.54, 1.807) is 6.92 Å². The average molecular weight is 290 g/mol. The van der Waals surface area contributed by atoms with Crippen LogP contribution in [0.4, 0.5) is 0 Å². The maximum Gasteiger partial charge on any atom is 0.159 e. The zero-order valence-electron chi connectivity index (χ0n) is 13.5. The van der Waals surface area contributed by atoms with Crippen LogP contribution in [0.25, 0.3) is 16.7 Å². The van der Waals surface area contributed by atoms with Crippen LogP contribution in [0.15, 0.2) is 66.8 Å². The van der Waals surface area contributed by atoms with E-state index in [1.165, 1.54) is 11.1 Å². The third-order valence-electron chi connectivity index (χ3n) is 3.68. The van der Waals surface area contributed by atoms with Crippen LogP contribution in [0.1, 0.15) is 43.1 Å². The van der Waals surface area contributed by atoms with Gasteiger partial charge in [-0.2, -0.15) is 0 Å². The first-order valence-electron chi connectivity index (χ1n) is 7.59. The van der Waals surface area contributed by atoms with Crippen molar-refractivity contribution in [3.8, 4) is 11.1 Å². The molecule has 0 spiro atoms. The lowest BCUT2D eigenvalue weighted by Gasteiger charge is -2.08. The summed E-state index contributed by atoms with van der Waals surface area (Å²) in [4.78, 5) is 11.3. The molecule has 0 saturated carbocycles. The van der Waals surface area contributed by atoms with Gasteiger partial charge in [0.25, 0.3) is 0 Å². The third-order valence-corrected chi connectivity index (χ3v) is 3.68. The Bertz CT molecular complexity index is 701. The molecule has 0 heterocycles. The van der Waals surface area contributed by atoms with Gasteiger partial charge < -0.3 is 0 Å². The summed E-state index contributed by atoms with van der Waals surface area (Å²) in [5.74, 6) is 0.0967. The zero-order chi connectivity index (χ0) is 16.1. The van der Waals surface area contributed by atoms with E-state index in [0.717, 1.165) is 28.7 Å². The Morgan fingerprint density at radius 2 is 1.36 bits per heavy atom. The van der Waals surface area contributed by atoms with Crippen molar-refractivity contribution in [1.29, 1.82) is 0 Å². The quantitative estimate of drug-likeness (QED) is 0.493. The van der Waals surface area contributed by atoms with Gasteiger partial charge in [0.15, 0.2) is 5.78 Å². The van der Waals surface area contributed by atoms with Gasteiger partial charge in [-0.25, -0.2) is 0 Å². The van der Waals surface area contributed by atoms with Crippen LogP contribution in [0.2, 0.25) is 0 Å². The summed E-state index contributed by atoms with van der Waals surface area (Å²) in [6.45, 7) is 9.71. The molecule has 0 aliphatic heterocycles. The minimum Gasteiger partial charge on any atom is -0.295 e. The fourth-order valence-corrected chi connectivity index (χ4v) is 2.46. The van der Waals surface area contributed by atoms with Gasteiger partial charge in [0.1, 0.15) is 0 Å². The predicted molar refractivity (Wildman–Crippen MR) is 95.0 cm³/mol. The van der Waals surface area contributed by atoms with E-state index >= 15 is 0 Å². The highest BCUT2D eigenvalue weighted by molar-refractivity contribution is 5.94. The first-order valence-corrected chi connectivity index (χ1v) is 7.59. The summed E-state index contributed by atoms with van der Waals surface area (Å²) < 4.78 is 0. The highest BCUT2D eigenvalue weighted by atomic mass is 16.1. The molecule has 0 saturated heterocycles. The molecule has 2 rings (SSSR count). The maximum absolute atomic E-state index is 11.3. The molecular formula is C21H22O. The Balaban J connectivity index is 2.28. The molecule has 1 heteroatoms. The van der Waals surface area contributed by atoms with Crippen molar-refractivity contribution in [3.05, 3.63) is 77.9 Å². The van der Waals surface area contributed by atoms with Crippen molar-refractivity contribution < 1.29 is 4.79 Å². The second kappa shape index (κ2) is 7.04. The number of rotatable bonds is 5. The van der Waals surface area contributed by atoms with Crippen molar-refractivity contribution >= 4 is 11.4 Å². The minimum absolute atomic E-state index is 0.0967. The van der Waals surface area contributed by atoms with Gasteiger partial charge >= 0.3 is 0 Å². The van der Waals surface area contributed by atoms with Gasteiger partial charge in [-0.3, -0.25) is 4.79 Å². The molecule has 0 N–H and O–H groups in total. The van der Waals surface area contributed by atoms with E-state index in [1.807, 2.05) is 31.2 Å². The molecule has 22 heavy (non-hydrogen) atoms. The van der Waals surface area contributed by atoms with Crippen LogP contribution in [0.5, 0.6) is 0 Å². The van der Waals surface area contributed by atoms with E-state index in [4.69, 9.17) is 0 Å². The van der Waals surface area contributed by atoms with Crippen molar-refractivity contribution in [1.82, 2.24) is 0 Å². The first kappa shape index (κ1) is 16.0. The molecule has 0 atom stereocenters. The number of allylic oxidation sites excluding steroid dienone is 3. The zero-order valence-corrected chi connectivity index (χ0v) is 13.5. The number of carbonyl (C=O) groups is 1. The van der Waals surface area contributed by atoms with E-state index in [-0.39, 0.29) is 5.78 Å². The van der Waals surface area contributed by atoms with Gasteiger partial charge in [-0.1, -0.05) is 73.7 Å². The Kier molecular flexibility index (Phi) is 5.11. The number of ketones is 1.